The van der Waals surface area contributed by atoms with E-state index in [9.17, 15) is 13.2 Å². The van der Waals surface area contributed by atoms with E-state index in [1.165, 1.54) is 0 Å². The molecule has 1 unspecified atom stereocenters. The number of ether oxygens (including phenoxy) is 1. The van der Waals surface area contributed by atoms with Crippen LogP contribution in [0.15, 0.2) is 36.4 Å². The summed E-state index contributed by atoms with van der Waals surface area (Å²) in [6.45, 7) is 2.19. The fraction of sp³-hybridized carbons (Fsp3) is 0.200. The van der Waals surface area contributed by atoms with Crippen LogP contribution in [0, 0.1) is 17.5 Å². The van der Waals surface area contributed by atoms with Crippen LogP contribution in [0.25, 0.3) is 0 Å². The van der Waals surface area contributed by atoms with Crippen molar-refractivity contribution < 1.29 is 17.9 Å². The summed E-state index contributed by atoms with van der Waals surface area (Å²) in [4.78, 5) is 0. The number of para-hydroxylation sites is 1. The molecule has 0 saturated carbocycles. The summed E-state index contributed by atoms with van der Waals surface area (Å²) in [7, 11) is 0. The van der Waals surface area contributed by atoms with Gasteiger partial charge >= 0.3 is 0 Å². The zero-order chi connectivity index (χ0) is 14.7. The average Bonchev–Trinajstić information content (AvgIpc) is 2.38. The smallest absolute Gasteiger partial charge is 0.134 e. The van der Waals surface area contributed by atoms with Gasteiger partial charge in [-0.3, -0.25) is 0 Å². The molecule has 2 rings (SSSR count). The van der Waals surface area contributed by atoms with Gasteiger partial charge in [-0.1, -0.05) is 18.2 Å². The Labute approximate surface area is 119 Å². The number of hydrogen-bond donors (Lipinski definition) is 0. The normalized spacial score (nSPS) is 12.2. The van der Waals surface area contributed by atoms with E-state index in [1.807, 2.05) is 0 Å². The molecular weight excluding hydrogens is 289 g/mol. The molecule has 0 heterocycles. The number of benzene rings is 2. The van der Waals surface area contributed by atoms with Crippen molar-refractivity contribution in [2.24, 2.45) is 0 Å². The zero-order valence-corrected chi connectivity index (χ0v) is 11.4. The predicted octanol–water partition coefficient (Wildman–Crippen LogP) is 4.83. The van der Waals surface area contributed by atoms with E-state index in [1.54, 1.807) is 31.2 Å². The highest BCUT2D eigenvalue weighted by Gasteiger charge is 2.23. The minimum Gasteiger partial charge on any atom is -0.494 e. The third-order valence-electron chi connectivity index (χ3n) is 2.79. The lowest BCUT2D eigenvalue weighted by atomic mass is 10.0. The summed E-state index contributed by atoms with van der Waals surface area (Å²) in [6.07, 6.45) is 0. The van der Waals surface area contributed by atoms with Crippen molar-refractivity contribution in [2.45, 2.75) is 12.3 Å². The molecule has 2 aromatic rings. The predicted molar refractivity (Wildman–Crippen MR) is 71.6 cm³/mol. The van der Waals surface area contributed by atoms with E-state index in [-0.39, 0.29) is 5.56 Å². The van der Waals surface area contributed by atoms with E-state index < -0.39 is 22.8 Å². The van der Waals surface area contributed by atoms with Gasteiger partial charge in [0.25, 0.3) is 0 Å². The first-order valence-electron chi connectivity index (χ1n) is 6.04. The molecule has 0 spiro atoms. The second kappa shape index (κ2) is 6.18. The highest BCUT2D eigenvalue weighted by molar-refractivity contribution is 6.22. The minimum atomic E-state index is -1.10. The maximum absolute atomic E-state index is 13.8. The van der Waals surface area contributed by atoms with Crippen LogP contribution >= 0.6 is 11.6 Å². The molecule has 1 atom stereocenters. The van der Waals surface area contributed by atoms with Crippen LogP contribution < -0.4 is 4.74 Å². The summed E-state index contributed by atoms with van der Waals surface area (Å²) >= 11 is 6.15. The molecule has 0 aromatic heterocycles. The van der Waals surface area contributed by atoms with Crippen molar-refractivity contribution in [2.75, 3.05) is 6.61 Å². The molecule has 1 nitrogen and oxygen atoms in total. The molecule has 106 valence electrons. The largest absolute Gasteiger partial charge is 0.494 e. The highest BCUT2D eigenvalue weighted by Crippen LogP contribution is 2.37. The van der Waals surface area contributed by atoms with Crippen molar-refractivity contribution >= 4 is 11.6 Å². The van der Waals surface area contributed by atoms with Gasteiger partial charge in [0.05, 0.1) is 12.0 Å². The SMILES string of the molecule is CCOc1ccccc1C(Cl)c1c(F)cc(F)cc1F. The van der Waals surface area contributed by atoms with Crippen molar-refractivity contribution in [1.82, 2.24) is 0 Å². The van der Waals surface area contributed by atoms with Crippen molar-refractivity contribution in [3.05, 3.63) is 65.0 Å². The highest BCUT2D eigenvalue weighted by atomic mass is 35.5. The summed E-state index contributed by atoms with van der Waals surface area (Å²) in [6, 6.07) is 7.91. The zero-order valence-electron chi connectivity index (χ0n) is 10.7. The Morgan fingerprint density at radius 2 is 1.70 bits per heavy atom. The summed E-state index contributed by atoms with van der Waals surface area (Å²) in [5, 5.41) is -1.10. The van der Waals surface area contributed by atoms with E-state index in [4.69, 9.17) is 16.3 Å². The Bertz CT molecular complexity index is 593. The number of halogens is 4. The second-order valence-corrected chi connectivity index (χ2v) is 4.55. The lowest BCUT2D eigenvalue weighted by Crippen LogP contribution is -2.05. The number of rotatable bonds is 4. The fourth-order valence-electron chi connectivity index (χ4n) is 1.93. The molecular formula is C15H12ClF3O. The molecule has 0 radical (unpaired) electrons. The lowest BCUT2D eigenvalue weighted by Gasteiger charge is -2.16. The Hall–Kier alpha value is -1.68. The van der Waals surface area contributed by atoms with Crippen LogP contribution in [0.3, 0.4) is 0 Å². The first kappa shape index (κ1) is 14.7. The maximum Gasteiger partial charge on any atom is 0.134 e. The van der Waals surface area contributed by atoms with Crippen LogP contribution in [0.4, 0.5) is 13.2 Å². The molecule has 0 saturated heterocycles. The van der Waals surface area contributed by atoms with E-state index in [0.29, 0.717) is 30.1 Å². The quantitative estimate of drug-likeness (QED) is 0.735. The Morgan fingerprint density at radius 3 is 2.30 bits per heavy atom. The van der Waals surface area contributed by atoms with Crippen LogP contribution in [0.2, 0.25) is 0 Å². The van der Waals surface area contributed by atoms with Crippen LogP contribution in [0.1, 0.15) is 23.4 Å². The molecule has 0 amide bonds. The molecule has 0 bridgehead atoms. The van der Waals surface area contributed by atoms with Crippen molar-refractivity contribution in [1.29, 1.82) is 0 Å². The monoisotopic (exact) mass is 300 g/mol. The molecule has 0 aliphatic rings. The van der Waals surface area contributed by atoms with Gasteiger partial charge in [0, 0.05) is 23.3 Å². The molecule has 0 N–H and O–H groups in total. The van der Waals surface area contributed by atoms with Crippen LogP contribution in [0.5, 0.6) is 5.75 Å². The van der Waals surface area contributed by atoms with E-state index in [2.05, 4.69) is 0 Å². The molecule has 0 aliphatic heterocycles. The van der Waals surface area contributed by atoms with Gasteiger partial charge < -0.3 is 4.74 Å². The van der Waals surface area contributed by atoms with E-state index >= 15 is 0 Å². The number of alkyl halides is 1. The van der Waals surface area contributed by atoms with Gasteiger partial charge in [0.2, 0.25) is 0 Å². The molecule has 20 heavy (non-hydrogen) atoms. The van der Waals surface area contributed by atoms with Gasteiger partial charge in [-0.25, -0.2) is 13.2 Å². The van der Waals surface area contributed by atoms with Gasteiger partial charge in [0.1, 0.15) is 23.2 Å². The Morgan fingerprint density at radius 1 is 1.10 bits per heavy atom. The average molecular weight is 301 g/mol. The van der Waals surface area contributed by atoms with Gasteiger partial charge in [0.15, 0.2) is 0 Å². The molecule has 0 fully saturated rings. The summed E-state index contributed by atoms with van der Waals surface area (Å²) in [5.74, 6) is -2.58. The molecule has 2 aromatic carbocycles. The second-order valence-electron chi connectivity index (χ2n) is 4.12. The first-order chi connectivity index (χ1) is 9.54. The van der Waals surface area contributed by atoms with Gasteiger partial charge in [-0.2, -0.15) is 0 Å². The molecule has 0 aliphatic carbocycles. The van der Waals surface area contributed by atoms with Gasteiger partial charge in [-0.05, 0) is 13.0 Å². The fourth-order valence-corrected chi connectivity index (χ4v) is 2.32. The standard InChI is InChI=1S/C15H12ClF3O/c1-2-20-13-6-4-3-5-10(13)15(16)14-11(18)7-9(17)8-12(14)19/h3-8,15H,2H2,1H3. The summed E-state index contributed by atoms with van der Waals surface area (Å²) in [5.41, 5.74) is 0.0423. The molecule has 5 heteroatoms. The van der Waals surface area contributed by atoms with Crippen LogP contribution in [-0.4, -0.2) is 6.61 Å². The van der Waals surface area contributed by atoms with Crippen molar-refractivity contribution in [3.8, 4) is 5.75 Å². The minimum absolute atomic E-state index is 0.389. The third-order valence-corrected chi connectivity index (χ3v) is 3.24. The lowest BCUT2D eigenvalue weighted by molar-refractivity contribution is 0.336. The van der Waals surface area contributed by atoms with Crippen LogP contribution in [-0.2, 0) is 0 Å². The number of hydrogen-bond acceptors (Lipinski definition) is 1. The maximum atomic E-state index is 13.8. The third kappa shape index (κ3) is 2.90. The Kier molecular flexibility index (Phi) is 4.55. The van der Waals surface area contributed by atoms with E-state index in [0.717, 1.165) is 0 Å². The van der Waals surface area contributed by atoms with Gasteiger partial charge in [-0.15, -0.1) is 11.6 Å². The Balaban J connectivity index is 2.49. The van der Waals surface area contributed by atoms with Crippen molar-refractivity contribution in [3.63, 3.8) is 0 Å². The summed E-state index contributed by atoms with van der Waals surface area (Å²) < 4.78 is 45.8. The topological polar surface area (TPSA) is 9.23 Å². The first-order valence-corrected chi connectivity index (χ1v) is 6.48.